The van der Waals surface area contributed by atoms with Gasteiger partial charge < -0.3 is 15.7 Å². The molecule has 0 radical (unpaired) electrons. The Kier molecular flexibility index (Phi) is 7.19. The molecule has 0 heterocycles. The Morgan fingerprint density at radius 2 is 1.88 bits per heavy atom. The van der Waals surface area contributed by atoms with Crippen LogP contribution < -0.4 is 10.6 Å². The average Bonchev–Trinajstić information content (AvgIpc) is 2.58. The van der Waals surface area contributed by atoms with Crippen molar-refractivity contribution in [3.05, 3.63) is 47.0 Å². The van der Waals surface area contributed by atoms with Crippen LogP contribution in [0.3, 0.4) is 0 Å². The normalized spacial score (nSPS) is 19.8. The highest BCUT2D eigenvalue weighted by molar-refractivity contribution is 5.94. The van der Waals surface area contributed by atoms with Crippen molar-refractivity contribution >= 4 is 11.8 Å². The van der Waals surface area contributed by atoms with Gasteiger partial charge in [0.2, 0.25) is 5.91 Å². The van der Waals surface area contributed by atoms with E-state index in [0.717, 1.165) is 36.8 Å². The second-order valence-electron chi connectivity index (χ2n) is 7.03. The molecule has 136 valence electrons. The Bertz CT molecular complexity index is 618. The number of amides is 2. The van der Waals surface area contributed by atoms with Crippen LogP contribution in [0.25, 0.3) is 0 Å². The molecule has 0 aliphatic heterocycles. The number of carbonyl (C=O) groups is 2. The molecule has 0 saturated heterocycles. The minimum atomic E-state index is -0.225. The first-order valence-corrected chi connectivity index (χ1v) is 8.92. The lowest BCUT2D eigenvalue weighted by molar-refractivity contribution is -0.116. The molecular formula is C20H28N2O3. The minimum Gasteiger partial charge on any atom is -0.393 e. The monoisotopic (exact) mass is 344 g/mol. The summed E-state index contributed by atoms with van der Waals surface area (Å²) in [7, 11) is 0. The summed E-state index contributed by atoms with van der Waals surface area (Å²) in [4.78, 5) is 23.8. The van der Waals surface area contributed by atoms with Crippen LogP contribution in [0.5, 0.6) is 0 Å². The Hall–Kier alpha value is -2.14. The van der Waals surface area contributed by atoms with Crippen molar-refractivity contribution in [1.82, 2.24) is 10.6 Å². The summed E-state index contributed by atoms with van der Waals surface area (Å²) in [5, 5.41) is 15.4. The van der Waals surface area contributed by atoms with Crippen LogP contribution in [-0.2, 0) is 11.3 Å². The number of benzene rings is 1. The molecule has 25 heavy (non-hydrogen) atoms. The van der Waals surface area contributed by atoms with Crippen molar-refractivity contribution in [2.75, 3.05) is 6.54 Å². The van der Waals surface area contributed by atoms with Gasteiger partial charge in [-0.25, -0.2) is 0 Å². The zero-order valence-corrected chi connectivity index (χ0v) is 15.0. The standard InChI is InChI=1S/C20H28N2O3/c1-14(2)10-19(24)21-12-15-6-8-17(9-7-15)20(25)22-13-16-4-3-5-18(23)11-16/h6-10,16,18,23H,3-5,11-13H2,1-2H3,(H,21,24)(H,22,25). The molecule has 5 heteroatoms. The number of nitrogens with one attached hydrogen (secondary N) is 2. The van der Waals surface area contributed by atoms with Gasteiger partial charge in [-0.15, -0.1) is 0 Å². The summed E-state index contributed by atoms with van der Waals surface area (Å²) in [6.07, 6.45) is 5.05. The van der Waals surface area contributed by atoms with Gasteiger partial charge in [0.1, 0.15) is 0 Å². The van der Waals surface area contributed by atoms with E-state index in [1.54, 1.807) is 18.2 Å². The molecule has 1 aromatic rings. The van der Waals surface area contributed by atoms with E-state index >= 15 is 0 Å². The fourth-order valence-electron chi connectivity index (χ4n) is 3.06. The van der Waals surface area contributed by atoms with Gasteiger partial charge in [0.25, 0.3) is 5.91 Å². The van der Waals surface area contributed by atoms with Crippen LogP contribution in [0.15, 0.2) is 35.9 Å². The molecule has 0 spiro atoms. The van der Waals surface area contributed by atoms with Crippen molar-refractivity contribution in [2.24, 2.45) is 5.92 Å². The van der Waals surface area contributed by atoms with E-state index in [-0.39, 0.29) is 17.9 Å². The fraction of sp³-hybridized carbons (Fsp3) is 0.500. The molecule has 1 aromatic carbocycles. The van der Waals surface area contributed by atoms with Gasteiger partial charge in [-0.05, 0) is 56.7 Å². The molecule has 2 atom stereocenters. The minimum absolute atomic E-state index is 0.0970. The fourth-order valence-corrected chi connectivity index (χ4v) is 3.06. The molecule has 1 aliphatic carbocycles. The quantitative estimate of drug-likeness (QED) is 0.694. The molecule has 3 N–H and O–H groups in total. The second kappa shape index (κ2) is 9.37. The van der Waals surface area contributed by atoms with Crippen molar-refractivity contribution in [2.45, 2.75) is 52.2 Å². The highest BCUT2D eigenvalue weighted by atomic mass is 16.3. The van der Waals surface area contributed by atoms with Gasteiger partial charge in [-0.2, -0.15) is 0 Å². The summed E-state index contributed by atoms with van der Waals surface area (Å²) in [6, 6.07) is 7.24. The third-order valence-corrected chi connectivity index (χ3v) is 4.41. The second-order valence-corrected chi connectivity index (χ2v) is 7.03. The predicted octanol–water partition coefficient (Wildman–Crippen LogP) is 2.55. The SMILES string of the molecule is CC(C)=CC(=O)NCc1ccc(C(=O)NCC2CCCC(O)C2)cc1. The number of carbonyl (C=O) groups excluding carboxylic acids is 2. The Morgan fingerprint density at radius 3 is 2.52 bits per heavy atom. The van der Waals surface area contributed by atoms with Crippen LogP contribution >= 0.6 is 0 Å². The summed E-state index contributed by atoms with van der Waals surface area (Å²) in [5.41, 5.74) is 2.51. The van der Waals surface area contributed by atoms with Crippen LogP contribution in [0, 0.1) is 5.92 Å². The van der Waals surface area contributed by atoms with Gasteiger partial charge in [0, 0.05) is 24.7 Å². The molecule has 1 saturated carbocycles. The van der Waals surface area contributed by atoms with Crippen LogP contribution in [0.4, 0.5) is 0 Å². The summed E-state index contributed by atoms with van der Waals surface area (Å²) in [5.74, 6) is 0.147. The third-order valence-electron chi connectivity index (χ3n) is 4.41. The summed E-state index contributed by atoms with van der Waals surface area (Å²) < 4.78 is 0. The van der Waals surface area contributed by atoms with Crippen LogP contribution in [0.1, 0.15) is 55.5 Å². The summed E-state index contributed by atoms with van der Waals surface area (Å²) in [6.45, 7) is 4.79. The highest BCUT2D eigenvalue weighted by Crippen LogP contribution is 2.23. The smallest absolute Gasteiger partial charge is 0.251 e. The van der Waals surface area contributed by atoms with Gasteiger partial charge in [-0.3, -0.25) is 9.59 Å². The molecule has 1 aliphatic rings. The largest absolute Gasteiger partial charge is 0.393 e. The zero-order valence-electron chi connectivity index (χ0n) is 15.0. The molecule has 5 nitrogen and oxygen atoms in total. The van der Waals surface area contributed by atoms with Gasteiger partial charge in [0.15, 0.2) is 0 Å². The molecule has 0 aromatic heterocycles. The molecule has 2 unspecified atom stereocenters. The van der Waals surface area contributed by atoms with E-state index in [4.69, 9.17) is 0 Å². The van der Waals surface area contributed by atoms with Crippen molar-refractivity contribution in [3.63, 3.8) is 0 Å². The Labute approximate surface area is 149 Å². The maximum Gasteiger partial charge on any atom is 0.251 e. The number of rotatable bonds is 6. The van der Waals surface area contributed by atoms with Crippen LogP contribution in [-0.4, -0.2) is 29.6 Å². The molecule has 2 amide bonds. The van der Waals surface area contributed by atoms with E-state index in [1.807, 2.05) is 26.0 Å². The summed E-state index contributed by atoms with van der Waals surface area (Å²) >= 11 is 0. The number of aliphatic hydroxyl groups is 1. The molecule has 0 bridgehead atoms. The number of aliphatic hydroxyl groups excluding tert-OH is 1. The third kappa shape index (κ3) is 6.70. The highest BCUT2D eigenvalue weighted by Gasteiger charge is 2.20. The zero-order chi connectivity index (χ0) is 18.2. The van der Waals surface area contributed by atoms with E-state index in [9.17, 15) is 14.7 Å². The first-order chi connectivity index (χ1) is 11.9. The number of hydrogen-bond acceptors (Lipinski definition) is 3. The van der Waals surface area contributed by atoms with E-state index in [1.165, 1.54) is 0 Å². The van der Waals surface area contributed by atoms with Crippen LogP contribution in [0.2, 0.25) is 0 Å². The van der Waals surface area contributed by atoms with E-state index in [2.05, 4.69) is 10.6 Å². The predicted molar refractivity (Wildman–Crippen MR) is 98.0 cm³/mol. The molecule has 2 rings (SSSR count). The van der Waals surface area contributed by atoms with Gasteiger partial charge in [0.05, 0.1) is 6.10 Å². The number of allylic oxidation sites excluding steroid dienone is 1. The van der Waals surface area contributed by atoms with E-state index < -0.39 is 0 Å². The van der Waals surface area contributed by atoms with Gasteiger partial charge >= 0.3 is 0 Å². The maximum absolute atomic E-state index is 12.2. The maximum atomic E-state index is 12.2. The first kappa shape index (κ1) is 19.2. The van der Waals surface area contributed by atoms with Gasteiger partial charge in [-0.1, -0.05) is 24.1 Å². The lowest BCUT2D eigenvalue weighted by Gasteiger charge is -2.25. The first-order valence-electron chi connectivity index (χ1n) is 8.92. The topological polar surface area (TPSA) is 78.4 Å². The average molecular weight is 344 g/mol. The Morgan fingerprint density at radius 1 is 1.16 bits per heavy atom. The van der Waals surface area contributed by atoms with Crippen molar-refractivity contribution in [3.8, 4) is 0 Å². The van der Waals surface area contributed by atoms with Crippen molar-refractivity contribution < 1.29 is 14.7 Å². The lowest BCUT2D eigenvalue weighted by Crippen LogP contribution is -2.33. The molecular weight excluding hydrogens is 316 g/mol. The lowest BCUT2D eigenvalue weighted by atomic mass is 9.87. The Balaban J connectivity index is 1.79. The van der Waals surface area contributed by atoms with Crippen molar-refractivity contribution in [1.29, 1.82) is 0 Å². The number of hydrogen-bond donors (Lipinski definition) is 3. The molecule has 1 fully saturated rings. The van der Waals surface area contributed by atoms with E-state index in [0.29, 0.717) is 24.6 Å².